The molecular formula is C21H26F2N2O2S2. The number of thiazole rings is 1. The summed E-state index contributed by atoms with van der Waals surface area (Å²) in [6.07, 6.45) is 3.25. The number of nitrogens with zero attached hydrogens (tertiary/aromatic N) is 1. The van der Waals surface area contributed by atoms with Crippen LogP contribution in [0.3, 0.4) is 0 Å². The topological polar surface area (TPSA) is 62.2 Å². The zero-order valence-electron chi connectivity index (χ0n) is 17.0. The van der Waals surface area contributed by atoms with Gasteiger partial charge in [0.05, 0.1) is 12.3 Å². The van der Waals surface area contributed by atoms with Crippen molar-refractivity contribution in [3.8, 4) is 0 Å². The molecule has 8 heteroatoms. The van der Waals surface area contributed by atoms with Gasteiger partial charge in [-0.1, -0.05) is 36.4 Å². The summed E-state index contributed by atoms with van der Waals surface area (Å²) in [6, 6.07) is 3.52. The third-order valence-electron chi connectivity index (χ3n) is 3.57. The lowest BCUT2D eigenvalue weighted by molar-refractivity contribution is -0.107. The van der Waals surface area contributed by atoms with Crippen molar-refractivity contribution in [2.75, 3.05) is 19.0 Å². The number of anilines is 1. The lowest BCUT2D eigenvalue weighted by Crippen LogP contribution is -1.95. The number of halogens is 2. The molecule has 0 fully saturated rings. The normalized spacial score (nSPS) is 10.8. The van der Waals surface area contributed by atoms with E-state index in [4.69, 9.17) is 0 Å². The van der Waals surface area contributed by atoms with E-state index in [0.717, 1.165) is 39.2 Å². The van der Waals surface area contributed by atoms with Crippen LogP contribution in [0.4, 0.5) is 13.9 Å². The van der Waals surface area contributed by atoms with Crippen molar-refractivity contribution in [3.63, 3.8) is 0 Å². The zero-order chi connectivity index (χ0) is 21.8. The van der Waals surface area contributed by atoms with Gasteiger partial charge >= 0.3 is 0 Å². The second kappa shape index (κ2) is 13.2. The standard InChI is InChI=1S/C13H20N2OS2.C8H6F2O/c1-5-6-10(7-16)18-12(9(2)3)11-8-17-13(14-4)15-11;9-7-2-1-3-8(10)6(7)4-5-11/h6,8,16H,5,7H2,1-4H3,(H,14,15);1-3,5H,4H2/b10-6+;. The van der Waals surface area contributed by atoms with E-state index in [1.165, 1.54) is 11.6 Å². The van der Waals surface area contributed by atoms with Crippen LogP contribution >= 0.6 is 23.1 Å². The molecule has 2 rings (SSSR count). The molecule has 1 heterocycles. The third-order valence-corrected chi connectivity index (χ3v) is 5.81. The van der Waals surface area contributed by atoms with Crippen molar-refractivity contribution in [1.29, 1.82) is 0 Å². The molecule has 0 unspecified atom stereocenters. The molecule has 4 nitrogen and oxygen atoms in total. The maximum Gasteiger partial charge on any atom is 0.182 e. The number of thioether (sulfide) groups is 1. The van der Waals surface area contributed by atoms with Crippen molar-refractivity contribution in [2.24, 2.45) is 0 Å². The average Bonchev–Trinajstić information content (AvgIpc) is 3.17. The molecule has 29 heavy (non-hydrogen) atoms. The largest absolute Gasteiger partial charge is 0.391 e. The molecule has 0 spiro atoms. The fourth-order valence-electron chi connectivity index (χ4n) is 2.21. The zero-order valence-corrected chi connectivity index (χ0v) is 18.6. The summed E-state index contributed by atoms with van der Waals surface area (Å²) in [6.45, 7) is 6.29. The highest BCUT2D eigenvalue weighted by Crippen LogP contribution is 2.37. The molecule has 0 amide bonds. The van der Waals surface area contributed by atoms with Crippen molar-refractivity contribution in [3.05, 3.63) is 63.0 Å². The van der Waals surface area contributed by atoms with Crippen LogP contribution in [0, 0.1) is 11.6 Å². The minimum atomic E-state index is -0.669. The number of aliphatic hydroxyl groups excluding tert-OH is 1. The Hall–Kier alpha value is -2.03. The molecule has 0 aliphatic heterocycles. The summed E-state index contributed by atoms with van der Waals surface area (Å²) >= 11 is 3.20. The maximum absolute atomic E-state index is 12.6. The first-order valence-electron chi connectivity index (χ1n) is 9.03. The lowest BCUT2D eigenvalue weighted by Gasteiger charge is -2.08. The Balaban J connectivity index is 0.000000326. The quantitative estimate of drug-likeness (QED) is 0.519. The summed E-state index contributed by atoms with van der Waals surface area (Å²) < 4.78 is 25.3. The molecule has 0 aliphatic rings. The molecule has 0 saturated carbocycles. The number of allylic oxidation sites excluding steroid dienone is 2. The van der Waals surface area contributed by atoms with Crippen LogP contribution in [-0.4, -0.2) is 30.0 Å². The molecule has 158 valence electrons. The van der Waals surface area contributed by atoms with Gasteiger partial charge in [-0.3, -0.25) is 0 Å². The van der Waals surface area contributed by atoms with E-state index in [2.05, 4.69) is 37.1 Å². The molecule has 0 bridgehead atoms. The Labute approximate surface area is 178 Å². The fourth-order valence-corrected chi connectivity index (χ4v) is 3.94. The van der Waals surface area contributed by atoms with E-state index < -0.39 is 11.6 Å². The van der Waals surface area contributed by atoms with Gasteiger partial charge in [0.1, 0.15) is 17.9 Å². The number of hydrogen-bond acceptors (Lipinski definition) is 6. The van der Waals surface area contributed by atoms with Gasteiger partial charge in [0.15, 0.2) is 5.13 Å². The first kappa shape index (κ1) is 25.0. The van der Waals surface area contributed by atoms with Crippen LogP contribution in [0.1, 0.15) is 38.4 Å². The third kappa shape index (κ3) is 8.08. The number of hydrogen-bond donors (Lipinski definition) is 2. The summed E-state index contributed by atoms with van der Waals surface area (Å²) in [7, 11) is 1.87. The molecule has 2 aromatic rings. The van der Waals surface area contributed by atoms with Crippen LogP contribution in [0.25, 0.3) is 4.91 Å². The SMILES string of the molecule is CC/C=C(\CO)SC(=C(C)C)c1csc(NC)n1.O=CCc1c(F)cccc1F. The number of rotatable bonds is 8. The van der Waals surface area contributed by atoms with Crippen LogP contribution in [0.15, 0.2) is 40.1 Å². The number of nitrogens with one attached hydrogen (secondary N) is 1. The van der Waals surface area contributed by atoms with Crippen LogP contribution in [0.2, 0.25) is 0 Å². The van der Waals surface area contributed by atoms with Gasteiger partial charge in [-0.05, 0) is 32.4 Å². The molecular weight excluding hydrogens is 414 g/mol. The summed E-state index contributed by atoms with van der Waals surface area (Å²) in [5, 5.41) is 15.3. The van der Waals surface area contributed by atoms with E-state index in [0.29, 0.717) is 6.29 Å². The van der Waals surface area contributed by atoms with Crippen molar-refractivity contribution in [2.45, 2.75) is 33.6 Å². The highest BCUT2D eigenvalue weighted by Gasteiger charge is 2.11. The van der Waals surface area contributed by atoms with Gasteiger partial charge in [-0.25, -0.2) is 13.8 Å². The van der Waals surface area contributed by atoms with Gasteiger partial charge in [0.25, 0.3) is 0 Å². The Morgan fingerprint density at radius 2 is 1.97 bits per heavy atom. The van der Waals surface area contributed by atoms with E-state index in [9.17, 15) is 18.7 Å². The maximum atomic E-state index is 12.6. The Morgan fingerprint density at radius 1 is 1.31 bits per heavy atom. The number of aldehydes is 1. The second-order valence-electron chi connectivity index (χ2n) is 6.03. The van der Waals surface area contributed by atoms with Crippen molar-refractivity contribution >= 4 is 39.4 Å². The van der Waals surface area contributed by atoms with Gasteiger partial charge in [-0.2, -0.15) is 0 Å². The Kier molecular flexibility index (Phi) is 11.4. The smallest absolute Gasteiger partial charge is 0.182 e. The van der Waals surface area contributed by atoms with E-state index in [1.807, 2.05) is 12.4 Å². The van der Waals surface area contributed by atoms with Crippen molar-refractivity contribution < 1.29 is 18.7 Å². The molecule has 0 radical (unpaired) electrons. The Morgan fingerprint density at radius 3 is 2.41 bits per heavy atom. The van der Waals surface area contributed by atoms with Crippen LogP contribution in [-0.2, 0) is 11.2 Å². The van der Waals surface area contributed by atoms with E-state index in [-0.39, 0.29) is 18.6 Å². The lowest BCUT2D eigenvalue weighted by atomic mass is 10.1. The van der Waals surface area contributed by atoms with E-state index >= 15 is 0 Å². The highest BCUT2D eigenvalue weighted by atomic mass is 32.2. The summed E-state index contributed by atoms with van der Waals surface area (Å²) in [5.74, 6) is -1.34. The number of carbonyl (C=O) groups excluding carboxylic acids is 1. The average molecular weight is 441 g/mol. The summed E-state index contributed by atoms with van der Waals surface area (Å²) in [5.41, 5.74) is 2.02. The van der Waals surface area contributed by atoms with Gasteiger partial charge in [0.2, 0.25) is 0 Å². The van der Waals surface area contributed by atoms with Crippen LogP contribution in [0.5, 0.6) is 0 Å². The number of aliphatic hydroxyl groups is 1. The fraction of sp³-hybridized carbons (Fsp3) is 0.333. The van der Waals surface area contributed by atoms with E-state index in [1.54, 1.807) is 23.1 Å². The Bertz CT molecular complexity index is 840. The number of aromatic nitrogens is 1. The molecule has 2 N–H and O–H groups in total. The predicted molar refractivity (Wildman–Crippen MR) is 119 cm³/mol. The molecule has 1 aromatic carbocycles. The number of benzene rings is 1. The molecule has 1 aromatic heterocycles. The summed E-state index contributed by atoms with van der Waals surface area (Å²) in [4.78, 5) is 16.6. The van der Waals surface area contributed by atoms with Gasteiger partial charge in [-0.15, -0.1) is 11.3 Å². The first-order chi connectivity index (χ1) is 13.9. The monoisotopic (exact) mass is 440 g/mol. The van der Waals surface area contributed by atoms with Crippen molar-refractivity contribution in [1.82, 2.24) is 4.98 Å². The minimum absolute atomic E-state index is 0.0817. The number of carbonyl (C=O) groups is 1. The molecule has 0 saturated heterocycles. The molecule has 0 aliphatic carbocycles. The van der Waals surface area contributed by atoms with Crippen LogP contribution < -0.4 is 5.32 Å². The van der Waals surface area contributed by atoms with Gasteiger partial charge < -0.3 is 15.2 Å². The predicted octanol–water partition coefficient (Wildman–Crippen LogP) is 5.66. The first-order valence-corrected chi connectivity index (χ1v) is 10.7. The minimum Gasteiger partial charge on any atom is -0.391 e. The second-order valence-corrected chi connectivity index (χ2v) is 8.02. The highest BCUT2D eigenvalue weighted by molar-refractivity contribution is 8.11. The van der Waals surface area contributed by atoms with Gasteiger partial charge in [0, 0.05) is 34.2 Å². The molecule has 0 atom stereocenters.